The van der Waals surface area contributed by atoms with Gasteiger partial charge in [-0.1, -0.05) is 18.2 Å². The first-order chi connectivity index (χ1) is 13.2. The maximum Gasteiger partial charge on any atom is 0.435 e. The lowest BCUT2D eigenvalue weighted by Crippen LogP contribution is -2.41. The van der Waals surface area contributed by atoms with E-state index in [0.29, 0.717) is 24.6 Å². The van der Waals surface area contributed by atoms with Crippen molar-refractivity contribution in [2.45, 2.75) is 37.9 Å². The van der Waals surface area contributed by atoms with Gasteiger partial charge in [0.2, 0.25) is 0 Å². The van der Waals surface area contributed by atoms with E-state index in [1.807, 2.05) is 6.92 Å². The van der Waals surface area contributed by atoms with E-state index in [1.165, 1.54) is 19.3 Å². The Balaban J connectivity index is 0.00000300. The molecule has 1 aliphatic carbocycles. The average Bonchev–Trinajstić information content (AvgIpc) is 3.31. The van der Waals surface area contributed by atoms with E-state index in [9.17, 15) is 17.6 Å². The van der Waals surface area contributed by atoms with Gasteiger partial charge in [-0.25, -0.2) is 9.38 Å². The average molecular weight is 525 g/mol. The van der Waals surface area contributed by atoms with Crippen molar-refractivity contribution in [1.82, 2.24) is 20.4 Å². The Kier molecular flexibility index (Phi) is 7.52. The number of aromatic nitrogens is 2. The predicted octanol–water partition coefficient (Wildman–Crippen LogP) is 3.98. The van der Waals surface area contributed by atoms with Gasteiger partial charge in [-0.3, -0.25) is 4.68 Å². The first kappa shape index (κ1) is 23.4. The SMILES string of the molecule is CCNC(=NCc1cn(C)nc1C(F)(F)F)NCC1(c2ccccc2F)CC1.I. The molecule has 1 aromatic heterocycles. The highest BCUT2D eigenvalue weighted by Crippen LogP contribution is 2.48. The Morgan fingerprint density at radius 1 is 1.24 bits per heavy atom. The third kappa shape index (κ3) is 5.61. The second-order valence-electron chi connectivity index (χ2n) is 6.98. The van der Waals surface area contributed by atoms with Crippen molar-refractivity contribution in [3.8, 4) is 0 Å². The summed E-state index contributed by atoms with van der Waals surface area (Å²) in [7, 11) is 1.44. The number of aryl methyl sites for hydroxylation is 1. The van der Waals surface area contributed by atoms with Crippen LogP contribution >= 0.6 is 24.0 Å². The highest BCUT2D eigenvalue weighted by molar-refractivity contribution is 14.0. The lowest BCUT2D eigenvalue weighted by atomic mass is 9.95. The topological polar surface area (TPSA) is 54.2 Å². The molecule has 2 aromatic rings. The number of nitrogens with one attached hydrogen (secondary N) is 2. The molecule has 1 aromatic carbocycles. The van der Waals surface area contributed by atoms with Gasteiger partial charge in [0, 0.05) is 37.3 Å². The number of rotatable bonds is 6. The first-order valence-electron chi connectivity index (χ1n) is 9.12. The predicted molar refractivity (Wildman–Crippen MR) is 114 cm³/mol. The van der Waals surface area contributed by atoms with E-state index in [-0.39, 0.29) is 47.3 Å². The van der Waals surface area contributed by atoms with Crippen LogP contribution in [-0.4, -0.2) is 28.8 Å². The largest absolute Gasteiger partial charge is 0.435 e. The molecule has 0 amide bonds. The van der Waals surface area contributed by atoms with Gasteiger partial charge in [0.05, 0.1) is 6.54 Å². The number of guanidine groups is 1. The summed E-state index contributed by atoms with van der Waals surface area (Å²) in [5.74, 6) is 0.149. The normalized spacial score (nSPS) is 15.6. The molecule has 10 heteroatoms. The Hall–Kier alpha value is -1.85. The van der Waals surface area contributed by atoms with Gasteiger partial charge in [0.25, 0.3) is 0 Å². The van der Waals surface area contributed by atoms with Crippen molar-refractivity contribution >= 4 is 29.9 Å². The van der Waals surface area contributed by atoms with Gasteiger partial charge in [-0.15, -0.1) is 24.0 Å². The summed E-state index contributed by atoms with van der Waals surface area (Å²) in [6, 6.07) is 6.67. The summed E-state index contributed by atoms with van der Waals surface area (Å²) in [5, 5.41) is 9.66. The molecule has 0 aliphatic heterocycles. The minimum atomic E-state index is -4.53. The van der Waals surface area contributed by atoms with Crippen LogP contribution in [0, 0.1) is 5.82 Å². The number of hydrogen-bond acceptors (Lipinski definition) is 2. The van der Waals surface area contributed by atoms with Gasteiger partial charge in [-0.2, -0.15) is 18.3 Å². The zero-order chi connectivity index (χ0) is 20.4. The van der Waals surface area contributed by atoms with Crippen molar-refractivity contribution in [3.05, 3.63) is 53.1 Å². The van der Waals surface area contributed by atoms with E-state index >= 15 is 0 Å². The van der Waals surface area contributed by atoms with Gasteiger partial charge in [-0.05, 0) is 31.4 Å². The summed E-state index contributed by atoms with van der Waals surface area (Å²) in [6.07, 6.45) is -1.51. The standard InChI is InChI=1S/C19H23F4N5.HI/c1-3-24-17(25-10-13-11-28(2)27-16(13)19(21,22)23)26-12-18(8-9-18)14-6-4-5-7-15(14)20;/h4-7,11H,3,8-10,12H2,1-2H3,(H2,24,25,26);1H. The summed E-state index contributed by atoms with van der Waals surface area (Å²) in [4.78, 5) is 4.27. The monoisotopic (exact) mass is 525 g/mol. The zero-order valence-electron chi connectivity index (χ0n) is 16.2. The highest BCUT2D eigenvalue weighted by atomic mass is 127. The molecule has 1 fully saturated rings. The summed E-state index contributed by atoms with van der Waals surface area (Å²) < 4.78 is 54.5. The molecule has 1 aliphatic rings. The van der Waals surface area contributed by atoms with Crippen LogP contribution < -0.4 is 10.6 Å². The number of hydrogen-bond donors (Lipinski definition) is 2. The molecule has 0 saturated heterocycles. The number of nitrogens with zero attached hydrogens (tertiary/aromatic N) is 3. The molecule has 3 rings (SSSR count). The molecule has 0 bridgehead atoms. The number of alkyl halides is 3. The van der Waals surface area contributed by atoms with Crippen molar-refractivity contribution in [3.63, 3.8) is 0 Å². The molecule has 0 atom stereocenters. The Labute approximate surface area is 184 Å². The van der Waals surface area contributed by atoms with Gasteiger partial charge < -0.3 is 10.6 Å². The molecule has 1 saturated carbocycles. The van der Waals surface area contributed by atoms with Crippen molar-refractivity contribution < 1.29 is 17.6 Å². The molecule has 5 nitrogen and oxygen atoms in total. The van der Waals surface area contributed by atoms with Gasteiger partial charge >= 0.3 is 6.18 Å². The fraction of sp³-hybridized carbons (Fsp3) is 0.474. The number of benzene rings is 1. The quantitative estimate of drug-likeness (QED) is 0.260. The smallest absolute Gasteiger partial charge is 0.357 e. The van der Waals surface area contributed by atoms with Crippen LogP contribution in [0.3, 0.4) is 0 Å². The van der Waals surface area contributed by atoms with E-state index in [0.717, 1.165) is 17.5 Å². The van der Waals surface area contributed by atoms with Crippen LogP contribution in [0.5, 0.6) is 0 Å². The van der Waals surface area contributed by atoms with Crippen LogP contribution in [0.4, 0.5) is 17.6 Å². The third-order valence-corrected chi connectivity index (χ3v) is 4.82. The maximum atomic E-state index is 14.1. The fourth-order valence-electron chi connectivity index (χ4n) is 3.23. The van der Waals surface area contributed by atoms with Gasteiger partial charge in [0.1, 0.15) is 5.82 Å². The molecular weight excluding hydrogens is 501 g/mol. The second kappa shape index (κ2) is 9.31. The van der Waals surface area contributed by atoms with E-state index in [1.54, 1.807) is 18.2 Å². The van der Waals surface area contributed by atoms with E-state index < -0.39 is 11.9 Å². The van der Waals surface area contributed by atoms with Crippen LogP contribution in [0.1, 0.15) is 36.6 Å². The number of halogens is 5. The minimum absolute atomic E-state index is 0. The van der Waals surface area contributed by atoms with Crippen LogP contribution in [0.25, 0.3) is 0 Å². The van der Waals surface area contributed by atoms with Crippen LogP contribution in [0.15, 0.2) is 35.5 Å². The first-order valence-corrected chi connectivity index (χ1v) is 9.12. The molecule has 29 heavy (non-hydrogen) atoms. The Bertz CT molecular complexity index is 859. The molecule has 0 unspecified atom stereocenters. The molecular formula is C19H24F4IN5. The van der Waals surface area contributed by atoms with Crippen molar-refractivity contribution in [2.75, 3.05) is 13.1 Å². The zero-order valence-corrected chi connectivity index (χ0v) is 18.5. The highest BCUT2D eigenvalue weighted by Gasteiger charge is 2.45. The Morgan fingerprint density at radius 3 is 2.52 bits per heavy atom. The van der Waals surface area contributed by atoms with E-state index in [2.05, 4.69) is 20.7 Å². The lowest BCUT2D eigenvalue weighted by molar-refractivity contribution is -0.142. The van der Waals surface area contributed by atoms with Crippen molar-refractivity contribution in [1.29, 1.82) is 0 Å². The molecule has 0 spiro atoms. The third-order valence-electron chi connectivity index (χ3n) is 4.82. The molecule has 0 radical (unpaired) electrons. The molecule has 160 valence electrons. The molecule has 1 heterocycles. The summed E-state index contributed by atoms with van der Waals surface area (Å²) in [6.45, 7) is 2.72. The van der Waals surface area contributed by atoms with Crippen molar-refractivity contribution in [2.24, 2.45) is 12.0 Å². The lowest BCUT2D eigenvalue weighted by Gasteiger charge is -2.19. The number of aliphatic imine (C=N–C) groups is 1. The summed E-state index contributed by atoms with van der Waals surface area (Å²) >= 11 is 0. The fourth-order valence-corrected chi connectivity index (χ4v) is 3.23. The summed E-state index contributed by atoms with van der Waals surface area (Å²) in [5.41, 5.74) is -0.570. The van der Waals surface area contributed by atoms with Crippen LogP contribution in [0.2, 0.25) is 0 Å². The van der Waals surface area contributed by atoms with E-state index in [4.69, 9.17) is 0 Å². The minimum Gasteiger partial charge on any atom is -0.357 e. The molecule has 2 N–H and O–H groups in total. The maximum absolute atomic E-state index is 14.1. The van der Waals surface area contributed by atoms with Crippen LogP contribution in [-0.2, 0) is 25.2 Å². The second-order valence-corrected chi connectivity index (χ2v) is 6.98. The Morgan fingerprint density at radius 2 is 1.93 bits per heavy atom. The van der Waals surface area contributed by atoms with Gasteiger partial charge in [0.15, 0.2) is 11.7 Å².